The Hall–Kier alpha value is -0.690. The molecule has 0 aromatic heterocycles. The first-order chi connectivity index (χ1) is 8.67. The monoisotopic (exact) mass is 263 g/mol. The van der Waals surface area contributed by atoms with Gasteiger partial charge in [-0.25, -0.2) is 0 Å². The Bertz CT molecular complexity index is 203. The highest BCUT2D eigenvalue weighted by Crippen LogP contribution is 2.04. The van der Waals surface area contributed by atoms with Crippen LogP contribution in [0.4, 0.5) is 0 Å². The average molecular weight is 263 g/mol. The van der Waals surface area contributed by atoms with Gasteiger partial charge in [0, 0.05) is 47.6 Å². The Kier molecular flexibility index (Phi) is 11.0. The third kappa shape index (κ3) is 7.60. The fourth-order valence-corrected chi connectivity index (χ4v) is 1.74. The summed E-state index contributed by atoms with van der Waals surface area (Å²) in [6, 6.07) is -0.608. The SMILES string of the molecule is COCCCN(CCCOC)C(COC)C(=O)O. The van der Waals surface area contributed by atoms with Gasteiger partial charge in [0.05, 0.1) is 6.61 Å². The second-order valence-electron chi connectivity index (χ2n) is 4.04. The molecule has 0 heterocycles. The summed E-state index contributed by atoms with van der Waals surface area (Å²) in [4.78, 5) is 13.1. The van der Waals surface area contributed by atoms with Crippen molar-refractivity contribution >= 4 is 5.97 Å². The van der Waals surface area contributed by atoms with E-state index < -0.39 is 12.0 Å². The van der Waals surface area contributed by atoms with Gasteiger partial charge in [0.15, 0.2) is 0 Å². The van der Waals surface area contributed by atoms with Crippen LogP contribution in [0.3, 0.4) is 0 Å². The third-order valence-electron chi connectivity index (χ3n) is 2.64. The first-order valence-electron chi connectivity index (χ1n) is 6.11. The van der Waals surface area contributed by atoms with E-state index in [0.29, 0.717) is 26.3 Å². The van der Waals surface area contributed by atoms with Gasteiger partial charge in [-0.05, 0) is 12.8 Å². The van der Waals surface area contributed by atoms with Crippen LogP contribution >= 0.6 is 0 Å². The first kappa shape index (κ1) is 17.3. The van der Waals surface area contributed by atoms with Crippen LogP contribution in [0.15, 0.2) is 0 Å². The predicted molar refractivity (Wildman–Crippen MR) is 67.9 cm³/mol. The molecule has 0 radical (unpaired) electrons. The summed E-state index contributed by atoms with van der Waals surface area (Å²) in [7, 11) is 4.79. The summed E-state index contributed by atoms with van der Waals surface area (Å²) in [5.41, 5.74) is 0. The number of rotatable bonds is 12. The fourth-order valence-electron chi connectivity index (χ4n) is 1.74. The van der Waals surface area contributed by atoms with Crippen molar-refractivity contribution in [3.63, 3.8) is 0 Å². The lowest BCUT2D eigenvalue weighted by Crippen LogP contribution is -2.45. The molecule has 0 saturated carbocycles. The Balaban J connectivity index is 4.32. The lowest BCUT2D eigenvalue weighted by molar-refractivity contribution is -0.145. The molecule has 0 aliphatic rings. The van der Waals surface area contributed by atoms with Gasteiger partial charge in [-0.2, -0.15) is 0 Å². The van der Waals surface area contributed by atoms with Gasteiger partial charge in [0.25, 0.3) is 0 Å². The van der Waals surface area contributed by atoms with Crippen molar-refractivity contribution in [2.24, 2.45) is 0 Å². The molecular formula is C12H25NO5. The van der Waals surface area contributed by atoms with Crippen molar-refractivity contribution in [2.75, 3.05) is 54.2 Å². The minimum Gasteiger partial charge on any atom is -0.480 e. The van der Waals surface area contributed by atoms with Crippen molar-refractivity contribution in [1.29, 1.82) is 0 Å². The largest absolute Gasteiger partial charge is 0.480 e. The van der Waals surface area contributed by atoms with Crippen LogP contribution in [0.2, 0.25) is 0 Å². The lowest BCUT2D eigenvalue weighted by atomic mass is 10.2. The molecular weight excluding hydrogens is 238 g/mol. The van der Waals surface area contributed by atoms with Crippen LogP contribution in [0.25, 0.3) is 0 Å². The number of methoxy groups -OCH3 is 3. The zero-order valence-corrected chi connectivity index (χ0v) is 11.6. The van der Waals surface area contributed by atoms with Gasteiger partial charge >= 0.3 is 5.97 Å². The highest BCUT2D eigenvalue weighted by molar-refractivity contribution is 5.73. The fraction of sp³-hybridized carbons (Fsp3) is 0.917. The molecule has 18 heavy (non-hydrogen) atoms. The van der Waals surface area contributed by atoms with E-state index in [2.05, 4.69) is 0 Å². The van der Waals surface area contributed by atoms with E-state index in [1.54, 1.807) is 14.2 Å². The van der Waals surface area contributed by atoms with Crippen molar-refractivity contribution in [2.45, 2.75) is 18.9 Å². The Morgan fingerprint density at radius 2 is 1.56 bits per heavy atom. The zero-order chi connectivity index (χ0) is 13.8. The Morgan fingerprint density at radius 1 is 1.06 bits per heavy atom. The van der Waals surface area contributed by atoms with Gasteiger partial charge in [0.1, 0.15) is 6.04 Å². The molecule has 0 aliphatic heterocycles. The van der Waals surface area contributed by atoms with E-state index in [9.17, 15) is 9.90 Å². The van der Waals surface area contributed by atoms with E-state index in [-0.39, 0.29) is 6.61 Å². The van der Waals surface area contributed by atoms with Gasteiger partial charge in [-0.1, -0.05) is 0 Å². The number of nitrogens with zero attached hydrogens (tertiary/aromatic N) is 1. The minimum absolute atomic E-state index is 0.190. The quantitative estimate of drug-likeness (QED) is 0.516. The summed E-state index contributed by atoms with van der Waals surface area (Å²) >= 11 is 0. The number of aliphatic carboxylic acids is 1. The molecule has 0 bridgehead atoms. The maximum Gasteiger partial charge on any atom is 0.323 e. The molecule has 0 aromatic rings. The Labute approximate surface area is 109 Å². The molecule has 0 aromatic carbocycles. The van der Waals surface area contributed by atoms with E-state index in [1.165, 1.54) is 7.11 Å². The van der Waals surface area contributed by atoms with E-state index >= 15 is 0 Å². The number of hydrogen-bond acceptors (Lipinski definition) is 5. The van der Waals surface area contributed by atoms with Gasteiger partial charge in [0.2, 0.25) is 0 Å². The third-order valence-corrected chi connectivity index (χ3v) is 2.64. The molecule has 6 heteroatoms. The van der Waals surface area contributed by atoms with Gasteiger partial charge in [-0.3, -0.25) is 9.69 Å². The number of ether oxygens (including phenoxy) is 3. The number of hydrogen-bond donors (Lipinski definition) is 1. The van der Waals surface area contributed by atoms with Crippen LogP contribution in [0, 0.1) is 0 Å². The number of carboxylic acids is 1. The maximum atomic E-state index is 11.2. The van der Waals surface area contributed by atoms with Crippen molar-refractivity contribution < 1.29 is 24.1 Å². The molecule has 6 nitrogen and oxygen atoms in total. The van der Waals surface area contributed by atoms with Crippen LogP contribution in [-0.2, 0) is 19.0 Å². The van der Waals surface area contributed by atoms with E-state index in [4.69, 9.17) is 14.2 Å². The van der Waals surface area contributed by atoms with Gasteiger partial charge in [-0.15, -0.1) is 0 Å². The molecule has 0 fully saturated rings. The highest BCUT2D eigenvalue weighted by Gasteiger charge is 2.24. The maximum absolute atomic E-state index is 11.2. The summed E-state index contributed by atoms with van der Waals surface area (Å²) in [6.45, 7) is 2.80. The van der Waals surface area contributed by atoms with Crippen molar-refractivity contribution in [3.8, 4) is 0 Å². The van der Waals surface area contributed by atoms with Crippen LogP contribution in [0.5, 0.6) is 0 Å². The molecule has 0 amide bonds. The second-order valence-corrected chi connectivity index (χ2v) is 4.04. The first-order valence-corrected chi connectivity index (χ1v) is 6.11. The Morgan fingerprint density at radius 3 is 1.89 bits per heavy atom. The van der Waals surface area contributed by atoms with E-state index in [0.717, 1.165) is 12.8 Å². The van der Waals surface area contributed by atoms with Crippen LogP contribution < -0.4 is 0 Å². The second kappa shape index (κ2) is 11.4. The predicted octanol–water partition coefficient (Wildman–Crippen LogP) is 0.461. The summed E-state index contributed by atoms with van der Waals surface area (Å²) < 4.78 is 14.9. The molecule has 0 rings (SSSR count). The standard InChI is InChI=1S/C12H25NO5/c1-16-8-4-6-13(7-5-9-17-2)11(10-18-3)12(14)15/h11H,4-10H2,1-3H3,(H,14,15). The summed E-state index contributed by atoms with van der Waals surface area (Å²) in [5, 5.41) is 9.20. The van der Waals surface area contributed by atoms with Crippen molar-refractivity contribution in [3.05, 3.63) is 0 Å². The number of carbonyl (C=O) groups is 1. The summed E-state index contributed by atoms with van der Waals surface area (Å²) in [6.07, 6.45) is 1.61. The minimum atomic E-state index is -0.855. The molecule has 0 spiro atoms. The highest BCUT2D eigenvalue weighted by atomic mass is 16.5. The van der Waals surface area contributed by atoms with E-state index in [1.807, 2.05) is 4.90 Å². The molecule has 0 saturated heterocycles. The normalized spacial score (nSPS) is 12.9. The lowest BCUT2D eigenvalue weighted by Gasteiger charge is -2.28. The number of carboxylic acid groups (broad SMARTS) is 1. The molecule has 0 aliphatic carbocycles. The van der Waals surface area contributed by atoms with Gasteiger partial charge < -0.3 is 19.3 Å². The average Bonchev–Trinajstić information content (AvgIpc) is 2.34. The smallest absolute Gasteiger partial charge is 0.323 e. The zero-order valence-electron chi connectivity index (χ0n) is 11.6. The molecule has 108 valence electrons. The molecule has 1 N–H and O–H groups in total. The van der Waals surface area contributed by atoms with Crippen LogP contribution in [-0.4, -0.2) is 76.3 Å². The van der Waals surface area contributed by atoms with Crippen molar-refractivity contribution in [1.82, 2.24) is 4.90 Å². The molecule has 1 unspecified atom stereocenters. The summed E-state index contributed by atoms with van der Waals surface area (Å²) in [5.74, 6) is -0.855. The van der Waals surface area contributed by atoms with Crippen LogP contribution in [0.1, 0.15) is 12.8 Å². The molecule has 1 atom stereocenters. The topological polar surface area (TPSA) is 68.2 Å².